The molecule has 3 N–H and O–H groups in total. The summed E-state index contributed by atoms with van der Waals surface area (Å²) >= 11 is 0. The summed E-state index contributed by atoms with van der Waals surface area (Å²) in [5.74, 6) is 0.466. The summed E-state index contributed by atoms with van der Waals surface area (Å²) in [7, 11) is 1.86. The van der Waals surface area contributed by atoms with Crippen molar-refractivity contribution in [1.82, 2.24) is 14.8 Å². The first-order valence-electron chi connectivity index (χ1n) is 6.70. The van der Waals surface area contributed by atoms with Crippen LogP contribution in [0.3, 0.4) is 0 Å². The van der Waals surface area contributed by atoms with Crippen LogP contribution in [0.5, 0.6) is 0 Å². The van der Waals surface area contributed by atoms with E-state index in [0.717, 1.165) is 16.8 Å². The number of hydrogen-bond donors (Lipinski definition) is 2. The van der Waals surface area contributed by atoms with Crippen molar-refractivity contribution in [3.63, 3.8) is 0 Å². The number of aliphatic hydroxyl groups excluding tert-OH is 1. The number of hydrogen-bond acceptors (Lipinski definition) is 4. The summed E-state index contributed by atoms with van der Waals surface area (Å²) in [6.07, 6.45) is 3.33. The fraction of sp³-hybridized carbons (Fsp3) is 0.467. The topological polar surface area (TPSA) is 77.0 Å². The molecule has 2 aromatic rings. The monoisotopic (exact) mass is 274 g/mol. The maximum atomic E-state index is 10.5. The second kappa shape index (κ2) is 5.25. The average Bonchev–Trinajstić information content (AvgIpc) is 2.74. The number of rotatable bonds is 3. The zero-order chi connectivity index (χ0) is 14.9. The minimum absolute atomic E-state index is 0.113. The van der Waals surface area contributed by atoms with Gasteiger partial charge in [-0.25, -0.2) is 4.98 Å². The highest BCUT2D eigenvalue weighted by molar-refractivity contribution is 5.40. The summed E-state index contributed by atoms with van der Waals surface area (Å²) in [6, 6.07) is 3.71. The molecule has 0 aliphatic carbocycles. The van der Waals surface area contributed by atoms with Crippen LogP contribution in [0.1, 0.15) is 43.7 Å². The molecule has 0 aliphatic rings. The predicted molar refractivity (Wildman–Crippen MR) is 79.2 cm³/mol. The van der Waals surface area contributed by atoms with Crippen molar-refractivity contribution < 1.29 is 5.11 Å². The smallest absolute Gasteiger partial charge is 0.126 e. The Morgan fingerprint density at radius 2 is 2.10 bits per heavy atom. The molecule has 0 bridgehead atoms. The van der Waals surface area contributed by atoms with E-state index in [9.17, 15) is 5.11 Å². The van der Waals surface area contributed by atoms with Crippen LogP contribution in [-0.2, 0) is 18.9 Å². The van der Waals surface area contributed by atoms with E-state index in [1.165, 1.54) is 0 Å². The molecule has 0 saturated carbocycles. The number of nitrogens with zero attached hydrogens (tertiary/aromatic N) is 3. The van der Waals surface area contributed by atoms with Crippen LogP contribution in [-0.4, -0.2) is 19.9 Å². The molecule has 108 valence electrons. The Bertz CT molecular complexity index is 598. The first-order chi connectivity index (χ1) is 9.29. The van der Waals surface area contributed by atoms with Crippen molar-refractivity contribution in [3.05, 3.63) is 41.3 Å². The van der Waals surface area contributed by atoms with Gasteiger partial charge in [0, 0.05) is 36.8 Å². The quantitative estimate of drug-likeness (QED) is 0.897. The number of pyridine rings is 1. The van der Waals surface area contributed by atoms with E-state index in [1.807, 2.05) is 25.4 Å². The lowest BCUT2D eigenvalue weighted by Crippen LogP contribution is -2.17. The molecule has 0 aromatic carbocycles. The lowest BCUT2D eigenvalue weighted by atomic mass is 9.87. The molecule has 0 spiro atoms. The van der Waals surface area contributed by atoms with Gasteiger partial charge in [-0.1, -0.05) is 26.8 Å². The van der Waals surface area contributed by atoms with Gasteiger partial charge in [0.25, 0.3) is 0 Å². The second-order valence-corrected chi connectivity index (χ2v) is 6.12. The molecular weight excluding hydrogens is 252 g/mol. The Morgan fingerprint density at radius 3 is 2.70 bits per heavy atom. The summed E-state index contributed by atoms with van der Waals surface area (Å²) in [5, 5.41) is 15.0. The minimum Gasteiger partial charge on any atom is -0.388 e. The zero-order valence-electron chi connectivity index (χ0n) is 12.5. The van der Waals surface area contributed by atoms with Crippen LogP contribution in [0.25, 0.3) is 0 Å². The van der Waals surface area contributed by atoms with Crippen molar-refractivity contribution in [2.45, 2.75) is 38.7 Å². The van der Waals surface area contributed by atoms with Gasteiger partial charge in [-0.2, -0.15) is 5.10 Å². The maximum absolute atomic E-state index is 10.5. The first-order valence-corrected chi connectivity index (χ1v) is 6.70. The van der Waals surface area contributed by atoms with E-state index >= 15 is 0 Å². The van der Waals surface area contributed by atoms with Crippen molar-refractivity contribution in [2.75, 3.05) is 5.73 Å². The molecule has 2 heterocycles. The molecule has 5 nitrogen and oxygen atoms in total. The standard InChI is InChI=1S/C15H22N4O/c1-15(2,3)13-11(9-19(4)18-13)12(20)8-10-6-5-7-17-14(10)16/h5-7,9,12,20H,8H2,1-4H3,(H2,16,17). The number of aromatic nitrogens is 3. The number of aryl methyl sites for hydroxylation is 1. The molecule has 2 aromatic heterocycles. The number of nitrogen functional groups attached to an aromatic ring is 1. The Labute approximate surface area is 119 Å². The third kappa shape index (κ3) is 2.99. The van der Waals surface area contributed by atoms with Gasteiger partial charge in [0.2, 0.25) is 0 Å². The molecule has 20 heavy (non-hydrogen) atoms. The molecule has 1 unspecified atom stereocenters. The van der Waals surface area contributed by atoms with Crippen LogP contribution >= 0.6 is 0 Å². The van der Waals surface area contributed by atoms with Gasteiger partial charge in [-0.15, -0.1) is 0 Å². The lowest BCUT2D eigenvalue weighted by molar-refractivity contribution is 0.176. The Balaban J connectivity index is 2.30. The van der Waals surface area contributed by atoms with E-state index in [1.54, 1.807) is 10.9 Å². The first kappa shape index (κ1) is 14.5. The van der Waals surface area contributed by atoms with Gasteiger partial charge in [-0.05, 0) is 11.6 Å². The number of aliphatic hydroxyl groups is 1. The van der Waals surface area contributed by atoms with E-state index in [0.29, 0.717) is 12.2 Å². The predicted octanol–water partition coefficient (Wildman–Crippen LogP) is 1.97. The van der Waals surface area contributed by atoms with Gasteiger partial charge < -0.3 is 10.8 Å². The van der Waals surface area contributed by atoms with Crippen molar-refractivity contribution in [3.8, 4) is 0 Å². The molecule has 1 atom stereocenters. The van der Waals surface area contributed by atoms with Crippen molar-refractivity contribution in [1.29, 1.82) is 0 Å². The Kier molecular flexibility index (Phi) is 3.81. The summed E-state index contributed by atoms with van der Waals surface area (Å²) < 4.78 is 1.74. The van der Waals surface area contributed by atoms with E-state index < -0.39 is 6.10 Å². The largest absolute Gasteiger partial charge is 0.388 e. The van der Waals surface area contributed by atoms with Gasteiger partial charge in [0.1, 0.15) is 5.82 Å². The van der Waals surface area contributed by atoms with Crippen LogP contribution in [0.15, 0.2) is 24.5 Å². The number of anilines is 1. The highest BCUT2D eigenvalue weighted by Gasteiger charge is 2.26. The molecular formula is C15H22N4O. The van der Waals surface area contributed by atoms with E-state index in [4.69, 9.17) is 5.73 Å². The highest BCUT2D eigenvalue weighted by Crippen LogP contribution is 2.30. The second-order valence-electron chi connectivity index (χ2n) is 6.12. The van der Waals surface area contributed by atoms with Crippen LogP contribution < -0.4 is 5.73 Å². The Morgan fingerprint density at radius 1 is 1.40 bits per heavy atom. The maximum Gasteiger partial charge on any atom is 0.126 e. The average molecular weight is 274 g/mol. The molecule has 5 heteroatoms. The molecule has 0 saturated heterocycles. The summed E-state index contributed by atoms with van der Waals surface area (Å²) in [5.41, 5.74) is 8.33. The molecule has 0 fully saturated rings. The fourth-order valence-electron chi connectivity index (χ4n) is 2.28. The van der Waals surface area contributed by atoms with Gasteiger partial charge in [0.05, 0.1) is 11.8 Å². The summed E-state index contributed by atoms with van der Waals surface area (Å²) in [4.78, 5) is 4.05. The molecule has 0 aliphatic heterocycles. The molecule has 0 radical (unpaired) electrons. The van der Waals surface area contributed by atoms with E-state index in [-0.39, 0.29) is 5.41 Å². The SMILES string of the molecule is Cn1cc(C(O)Cc2cccnc2N)c(C(C)(C)C)n1. The van der Waals surface area contributed by atoms with Gasteiger partial charge in [0.15, 0.2) is 0 Å². The van der Waals surface area contributed by atoms with Gasteiger partial charge in [-0.3, -0.25) is 4.68 Å². The lowest BCUT2D eigenvalue weighted by Gasteiger charge is -2.20. The highest BCUT2D eigenvalue weighted by atomic mass is 16.3. The third-order valence-corrected chi connectivity index (χ3v) is 3.27. The van der Waals surface area contributed by atoms with Crippen LogP contribution in [0, 0.1) is 0 Å². The zero-order valence-corrected chi connectivity index (χ0v) is 12.5. The van der Waals surface area contributed by atoms with E-state index in [2.05, 4.69) is 30.9 Å². The summed E-state index contributed by atoms with van der Waals surface area (Å²) in [6.45, 7) is 6.26. The minimum atomic E-state index is -0.635. The van der Waals surface area contributed by atoms with Crippen molar-refractivity contribution in [2.24, 2.45) is 7.05 Å². The number of nitrogens with two attached hydrogens (primary N) is 1. The fourth-order valence-corrected chi connectivity index (χ4v) is 2.28. The molecule has 0 amide bonds. The third-order valence-electron chi connectivity index (χ3n) is 3.27. The van der Waals surface area contributed by atoms with Crippen LogP contribution in [0.2, 0.25) is 0 Å². The van der Waals surface area contributed by atoms with Gasteiger partial charge >= 0.3 is 0 Å². The molecule has 2 rings (SSSR count). The van der Waals surface area contributed by atoms with Crippen LogP contribution in [0.4, 0.5) is 5.82 Å². The normalized spacial score (nSPS) is 13.4. The Hall–Kier alpha value is -1.88. The van der Waals surface area contributed by atoms with Crippen molar-refractivity contribution >= 4 is 5.82 Å².